The maximum Gasteiger partial charge on any atom is 0.223 e. The Morgan fingerprint density at radius 3 is 2.08 bits per heavy atom. The highest BCUT2D eigenvalue weighted by Crippen LogP contribution is 2.46. The third-order valence-electron chi connectivity index (χ3n) is 8.38. The standard InChI is InChI=1S/C32H39N3O2/c1-22-19-23(2)29-30(24(22)3)37-32(4,31(29)33)21-34-15-17-35(18-16-34)28(36)20-27(25-11-7-5-8-12-25)26-13-9-6-10-14-26/h5-14,19,27,31H,15-18,20-21,33H2,1-4H3. The van der Waals surface area contributed by atoms with Crippen molar-refractivity contribution in [3.05, 3.63) is 100 Å². The number of fused-ring (bicyclic) bond motifs is 1. The molecule has 1 fully saturated rings. The van der Waals surface area contributed by atoms with Crippen LogP contribution in [0.2, 0.25) is 0 Å². The van der Waals surface area contributed by atoms with Gasteiger partial charge in [-0.2, -0.15) is 0 Å². The Bertz CT molecular complexity index is 1210. The number of carbonyl (C=O) groups excluding carboxylic acids is 1. The summed E-state index contributed by atoms with van der Waals surface area (Å²) < 4.78 is 6.58. The number of piperazine rings is 1. The highest BCUT2D eigenvalue weighted by atomic mass is 16.5. The molecule has 37 heavy (non-hydrogen) atoms. The van der Waals surface area contributed by atoms with Crippen LogP contribution in [0.5, 0.6) is 5.75 Å². The Labute approximate surface area is 221 Å². The van der Waals surface area contributed by atoms with Gasteiger partial charge in [-0.3, -0.25) is 9.69 Å². The van der Waals surface area contributed by atoms with Crippen LogP contribution < -0.4 is 10.5 Å². The molecule has 2 unspecified atom stereocenters. The van der Waals surface area contributed by atoms with Gasteiger partial charge in [-0.25, -0.2) is 0 Å². The van der Waals surface area contributed by atoms with Crippen molar-refractivity contribution < 1.29 is 9.53 Å². The van der Waals surface area contributed by atoms with Gasteiger partial charge < -0.3 is 15.4 Å². The first-order valence-corrected chi connectivity index (χ1v) is 13.4. The molecule has 3 aromatic rings. The van der Waals surface area contributed by atoms with E-state index in [1.54, 1.807) is 0 Å². The molecule has 0 aliphatic carbocycles. The molecular weight excluding hydrogens is 458 g/mol. The van der Waals surface area contributed by atoms with Gasteiger partial charge in [-0.15, -0.1) is 0 Å². The third kappa shape index (κ3) is 5.03. The second-order valence-corrected chi connectivity index (χ2v) is 11.0. The van der Waals surface area contributed by atoms with Gasteiger partial charge in [-0.1, -0.05) is 66.7 Å². The SMILES string of the molecule is Cc1cc(C)c2c(c1C)OC(C)(CN1CCN(C(=O)CC(c3ccccc3)c3ccccc3)CC1)C2N. The van der Waals surface area contributed by atoms with Crippen molar-refractivity contribution in [2.45, 2.75) is 51.7 Å². The molecule has 0 saturated carbocycles. The molecule has 5 heteroatoms. The first-order valence-electron chi connectivity index (χ1n) is 13.4. The number of hydrogen-bond donors (Lipinski definition) is 1. The Kier molecular flexibility index (Phi) is 7.11. The number of carbonyl (C=O) groups is 1. The number of amides is 1. The van der Waals surface area contributed by atoms with Gasteiger partial charge in [0.05, 0.1) is 6.04 Å². The summed E-state index contributed by atoms with van der Waals surface area (Å²) in [4.78, 5) is 17.9. The topological polar surface area (TPSA) is 58.8 Å². The second-order valence-electron chi connectivity index (χ2n) is 11.0. The van der Waals surface area contributed by atoms with Crippen LogP contribution in [0.1, 0.15) is 58.7 Å². The van der Waals surface area contributed by atoms with Crippen LogP contribution in [0, 0.1) is 20.8 Å². The predicted octanol–water partition coefficient (Wildman–Crippen LogP) is 5.13. The molecule has 3 aromatic carbocycles. The zero-order valence-electron chi connectivity index (χ0n) is 22.5. The number of benzene rings is 3. The fourth-order valence-electron chi connectivity index (χ4n) is 6.02. The lowest BCUT2D eigenvalue weighted by Gasteiger charge is -2.40. The fourth-order valence-corrected chi connectivity index (χ4v) is 6.02. The molecule has 2 atom stereocenters. The van der Waals surface area contributed by atoms with Crippen molar-refractivity contribution in [1.82, 2.24) is 9.80 Å². The van der Waals surface area contributed by atoms with Crippen molar-refractivity contribution in [3.8, 4) is 5.75 Å². The monoisotopic (exact) mass is 497 g/mol. The van der Waals surface area contributed by atoms with E-state index in [2.05, 4.69) is 62.9 Å². The van der Waals surface area contributed by atoms with Gasteiger partial charge in [0.15, 0.2) is 0 Å². The van der Waals surface area contributed by atoms with Crippen LogP contribution in [0.15, 0.2) is 66.7 Å². The fraction of sp³-hybridized carbons (Fsp3) is 0.406. The van der Waals surface area contributed by atoms with Crippen LogP contribution in [-0.4, -0.2) is 54.0 Å². The highest BCUT2D eigenvalue weighted by molar-refractivity contribution is 5.78. The lowest BCUT2D eigenvalue weighted by molar-refractivity contribution is -0.133. The molecule has 2 heterocycles. The van der Waals surface area contributed by atoms with Crippen molar-refractivity contribution >= 4 is 5.91 Å². The van der Waals surface area contributed by atoms with Crippen LogP contribution in [-0.2, 0) is 4.79 Å². The summed E-state index contributed by atoms with van der Waals surface area (Å²) in [5.41, 5.74) is 13.4. The van der Waals surface area contributed by atoms with Crippen molar-refractivity contribution in [2.75, 3.05) is 32.7 Å². The van der Waals surface area contributed by atoms with E-state index in [9.17, 15) is 4.79 Å². The van der Waals surface area contributed by atoms with Crippen molar-refractivity contribution in [3.63, 3.8) is 0 Å². The molecule has 194 valence electrons. The molecule has 5 nitrogen and oxygen atoms in total. The molecule has 1 amide bonds. The van der Waals surface area contributed by atoms with E-state index in [0.717, 1.165) is 44.0 Å². The van der Waals surface area contributed by atoms with E-state index in [4.69, 9.17) is 10.5 Å². The summed E-state index contributed by atoms with van der Waals surface area (Å²) in [7, 11) is 0. The summed E-state index contributed by atoms with van der Waals surface area (Å²) in [6.07, 6.45) is 0.479. The molecule has 0 bridgehead atoms. The van der Waals surface area contributed by atoms with Crippen LogP contribution in [0.25, 0.3) is 0 Å². The Balaban J connectivity index is 1.23. The number of nitrogens with two attached hydrogens (primary N) is 1. The zero-order valence-corrected chi connectivity index (χ0v) is 22.5. The van der Waals surface area contributed by atoms with E-state index in [1.165, 1.54) is 27.8 Å². The molecule has 2 aliphatic rings. The van der Waals surface area contributed by atoms with Crippen LogP contribution >= 0.6 is 0 Å². The largest absolute Gasteiger partial charge is 0.484 e. The molecule has 1 saturated heterocycles. The molecule has 5 rings (SSSR count). The van der Waals surface area contributed by atoms with Gasteiger partial charge in [0.25, 0.3) is 0 Å². The van der Waals surface area contributed by atoms with Gasteiger partial charge in [-0.05, 0) is 55.5 Å². The Morgan fingerprint density at radius 2 is 1.51 bits per heavy atom. The Morgan fingerprint density at radius 1 is 0.946 bits per heavy atom. The average molecular weight is 498 g/mol. The molecule has 2 N–H and O–H groups in total. The van der Waals surface area contributed by atoms with E-state index in [1.807, 2.05) is 41.3 Å². The first kappa shape index (κ1) is 25.5. The third-order valence-corrected chi connectivity index (χ3v) is 8.38. The number of ether oxygens (including phenoxy) is 1. The summed E-state index contributed by atoms with van der Waals surface area (Å²) >= 11 is 0. The summed E-state index contributed by atoms with van der Waals surface area (Å²) in [6.45, 7) is 12.4. The van der Waals surface area contributed by atoms with E-state index >= 15 is 0 Å². The summed E-state index contributed by atoms with van der Waals surface area (Å²) in [5.74, 6) is 1.24. The average Bonchev–Trinajstić information content (AvgIpc) is 3.17. The second kappa shape index (κ2) is 10.3. The van der Waals surface area contributed by atoms with Gasteiger partial charge in [0, 0.05) is 50.6 Å². The predicted molar refractivity (Wildman–Crippen MR) is 149 cm³/mol. The zero-order chi connectivity index (χ0) is 26.2. The summed E-state index contributed by atoms with van der Waals surface area (Å²) in [6, 6.07) is 22.8. The van der Waals surface area contributed by atoms with Gasteiger partial charge in [0.2, 0.25) is 5.91 Å². The maximum atomic E-state index is 13.4. The first-order chi connectivity index (χ1) is 17.8. The summed E-state index contributed by atoms with van der Waals surface area (Å²) in [5, 5.41) is 0. The van der Waals surface area contributed by atoms with E-state index in [-0.39, 0.29) is 17.9 Å². The van der Waals surface area contributed by atoms with Gasteiger partial charge in [0.1, 0.15) is 11.4 Å². The Hall–Kier alpha value is -3.15. The molecule has 0 radical (unpaired) electrons. The molecule has 0 spiro atoms. The van der Waals surface area contributed by atoms with Gasteiger partial charge >= 0.3 is 0 Å². The molecule has 2 aliphatic heterocycles. The number of rotatable bonds is 6. The molecular formula is C32H39N3O2. The van der Waals surface area contributed by atoms with Crippen molar-refractivity contribution in [2.24, 2.45) is 5.73 Å². The quantitative estimate of drug-likeness (QED) is 0.513. The van der Waals surface area contributed by atoms with E-state index < -0.39 is 5.60 Å². The van der Waals surface area contributed by atoms with Crippen molar-refractivity contribution in [1.29, 1.82) is 0 Å². The van der Waals surface area contributed by atoms with E-state index in [0.29, 0.717) is 6.42 Å². The normalized spacial score (nSPS) is 21.7. The lowest BCUT2D eigenvalue weighted by atomic mass is 9.88. The lowest BCUT2D eigenvalue weighted by Crippen LogP contribution is -2.55. The minimum absolute atomic E-state index is 0.0603. The highest BCUT2D eigenvalue weighted by Gasteiger charge is 2.46. The number of hydrogen-bond acceptors (Lipinski definition) is 4. The van der Waals surface area contributed by atoms with Crippen LogP contribution in [0.3, 0.4) is 0 Å². The van der Waals surface area contributed by atoms with Crippen LogP contribution in [0.4, 0.5) is 0 Å². The number of aryl methyl sites for hydroxylation is 2. The maximum absolute atomic E-state index is 13.4. The smallest absolute Gasteiger partial charge is 0.223 e. The molecule has 0 aromatic heterocycles. The number of nitrogens with zero attached hydrogens (tertiary/aromatic N) is 2. The minimum atomic E-state index is -0.483. The minimum Gasteiger partial charge on any atom is -0.484 e.